The van der Waals surface area contributed by atoms with Crippen molar-refractivity contribution < 1.29 is 18.0 Å². The number of alkyl halides is 3. The van der Waals surface area contributed by atoms with Crippen LogP contribution in [0.2, 0.25) is 0 Å². The first kappa shape index (κ1) is 16.0. The first-order valence-electron chi connectivity index (χ1n) is 7.19. The maximum Gasteiger partial charge on any atom is 0.416 e. The molecule has 0 atom stereocenters. The summed E-state index contributed by atoms with van der Waals surface area (Å²) in [5.41, 5.74) is 0.633. The van der Waals surface area contributed by atoms with E-state index in [-0.39, 0.29) is 5.56 Å². The second kappa shape index (κ2) is 5.96. The Bertz CT molecular complexity index is 914. The van der Waals surface area contributed by atoms with Gasteiger partial charge in [-0.3, -0.25) is 9.78 Å². The second-order valence-corrected chi connectivity index (χ2v) is 5.36. The van der Waals surface area contributed by atoms with E-state index in [9.17, 15) is 18.0 Å². The largest absolute Gasteiger partial charge is 0.416 e. The average molecular weight is 330 g/mol. The summed E-state index contributed by atoms with van der Waals surface area (Å²) in [6, 6.07) is 12.0. The molecule has 0 spiro atoms. The summed E-state index contributed by atoms with van der Waals surface area (Å²) >= 11 is 0. The number of hydrogen-bond donors (Lipinski definition) is 1. The second-order valence-electron chi connectivity index (χ2n) is 5.36. The number of para-hydroxylation sites is 1. The Kier molecular flexibility index (Phi) is 3.97. The summed E-state index contributed by atoms with van der Waals surface area (Å²) in [5, 5.41) is 3.48. The van der Waals surface area contributed by atoms with Crippen LogP contribution in [0.25, 0.3) is 10.9 Å². The number of aryl methyl sites for hydroxylation is 1. The van der Waals surface area contributed by atoms with Crippen molar-refractivity contribution in [3.8, 4) is 0 Å². The Morgan fingerprint density at radius 1 is 1.08 bits per heavy atom. The lowest BCUT2D eigenvalue weighted by Crippen LogP contribution is -2.16. The molecule has 0 unspecified atom stereocenters. The normalized spacial score (nSPS) is 11.5. The highest BCUT2D eigenvalue weighted by Gasteiger charge is 2.31. The molecule has 0 aliphatic rings. The van der Waals surface area contributed by atoms with E-state index in [4.69, 9.17) is 0 Å². The fourth-order valence-electron chi connectivity index (χ4n) is 2.44. The Morgan fingerprint density at radius 2 is 1.83 bits per heavy atom. The van der Waals surface area contributed by atoms with Gasteiger partial charge in [-0.05, 0) is 36.8 Å². The Morgan fingerprint density at radius 3 is 2.58 bits per heavy atom. The molecule has 0 saturated carbocycles. The summed E-state index contributed by atoms with van der Waals surface area (Å²) in [6.07, 6.45) is -2.91. The van der Waals surface area contributed by atoms with E-state index in [1.807, 2.05) is 12.1 Å². The van der Waals surface area contributed by atoms with E-state index >= 15 is 0 Å². The minimum atomic E-state index is -4.50. The molecule has 1 aromatic heterocycles. The zero-order chi connectivity index (χ0) is 17.3. The zero-order valence-corrected chi connectivity index (χ0v) is 12.7. The van der Waals surface area contributed by atoms with Crippen LogP contribution in [0, 0.1) is 6.92 Å². The monoisotopic (exact) mass is 330 g/mol. The van der Waals surface area contributed by atoms with Crippen LogP contribution in [0.15, 0.2) is 54.7 Å². The molecule has 1 N–H and O–H groups in total. The van der Waals surface area contributed by atoms with Crippen LogP contribution in [-0.2, 0) is 6.18 Å². The van der Waals surface area contributed by atoms with Crippen molar-refractivity contribution in [2.75, 3.05) is 5.32 Å². The molecule has 122 valence electrons. The molecule has 6 heteroatoms. The van der Waals surface area contributed by atoms with Crippen LogP contribution < -0.4 is 5.32 Å². The summed E-state index contributed by atoms with van der Waals surface area (Å²) in [6.45, 7) is 1.59. The molecular weight excluding hydrogens is 317 g/mol. The third kappa shape index (κ3) is 3.08. The molecule has 2 aromatic carbocycles. The number of rotatable bonds is 2. The highest BCUT2D eigenvalue weighted by molar-refractivity contribution is 6.09. The van der Waals surface area contributed by atoms with Gasteiger partial charge < -0.3 is 5.32 Å². The molecule has 0 bridgehead atoms. The number of anilines is 1. The molecule has 0 aliphatic heterocycles. The van der Waals surface area contributed by atoms with Crippen LogP contribution in [-0.4, -0.2) is 10.9 Å². The SMILES string of the molecule is Cc1ccc(C(F)(F)F)cc1C(=O)Nc1cccc2cccnc12. The number of pyridine rings is 1. The fourth-order valence-corrected chi connectivity index (χ4v) is 2.44. The Labute approximate surface area is 136 Å². The van der Waals surface area contributed by atoms with E-state index in [2.05, 4.69) is 10.3 Å². The van der Waals surface area contributed by atoms with Crippen molar-refractivity contribution >= 4 is 22.5 Å². The number of nitrogens with zero attached hydrogens (tertiary/aromatic N) is 1. The average Bonchev–Trinajstić information content (AvgIpc) is 2.54. The smallest absolute Gasteiger partial charge is 0.320 e. The lowest BCUT2D eigenvalue weighted by Gasteiger charge is -2.12. The predicted octanol–water partition coefficient (Wildman–Crippen LogP) is 4.81. The number of halogens is 3. The molecule has 3 nitrogen and oxygen atoms in total. The Balaban J connectivity index is 1.98. The molecule has 24 heavy (non-hydrogen) atoms. The van der Waals surface area contributed by atoms with Gasteiger partial charge in [0.05, 0.1) is 16.8 Å². The first-order chi connectivity index (χ1) is 11.4. The van der Waals surface area contributed by atoms with Crippen LogP contribution >= 0.6 is 0 Å². The van der Waals surface area contributed by atoms with E-state index in [1.54, 1.807) is 31.3 Å². The topological polar surface area (TPSA) is 42.0 Å². The van der Waals surface area contributed by atoms with Crippen LogP contribution in [0.1, 0.15) is 21.5 Å². The van der Waals surface area contributed by atoms with Crippen molar-refractivity contribution in [2.45, 2.75) is 13.1 Å². The van der Waals surface area contributed by atoms with Gasteiger partial charge in [0, 0.05) is 17.1 Å². The number of nitrogens with one attached hydrogen (secondary N) is 1. The number of aromatic nitrogens is 1. The molecule has 0 radical (unpaired) electrons. The van der Waals surface area contributed by atoms with Crippen molar-refractivity contribution in [1.29, 1.82) is 0 Å². The quantitative estimate of drug-likeness (QED) is 0.732. The molecule has 0 saturated heterocycles. The predicted molar refractivity (Wildman–Crippen MR) is 85.9 cm³/mol. The standard InChI is InChI=1S/C18H13F3N2O/c1-11-7-8-13(18(19,20)21)10-14(11)17(24)23-15-6-2-4-12-5-3-9-22-16(12)15/h2-10H,1H3,(H,23,24). The van der Waals surface area contributed by atoms with E-state index in [0.29, 0.717) is 16.8 Å². The molecule has 3 aromatic rings. The van der Waals surface area contributed by atoms with Crippen LogP contribution in [0.3, 0.4) is 0 Å². The lowest BCUT2D eigenvalue weighted by molar-refractivity contribution is -0.137. The molecular formula is C18H13F3N2O. The highest BCUT2D eigenvalue weighted by atomic mass is 19.4. The Hall–Kier alpha value is -2.89. The van der Waals surface area contributed by atoms with Gasteiger partial charge in [0.1, 0.15) is 0 Å². The number of hydrogen-bond acceptors (Lipinski definition) is 2. The van der Waals surface area contributed by atoms with Crippen molar-refractivity contribution in [1.82, 2.24) is 4.98 Å². The van der Waals surface area contributed by atoms with Crippen LogP contribution in [0.5, 0.6) is 0 Å². The molecule has 3 rings (SSSR count). The highest BCUT2D eigenvalue weighted by Crippen LogP contribution is 2.31. The maximum atomic E-state index is 12.9. The van der Waals surface area contributed by atoms with Crippen LogP contribution in [0.4, 0.5) is 18.9 Å². The van der Waals surface area contributed by atoms with Gasteiger partial charge >= 0.3 is 6.18 Å². The summed E-state index contributed by atoms with van der Waals surface area (Å²) in [5.74, 6) is -0.600. The van der Waals surface area contributed by atoms with Gasteiger partial charge in [0.25, 0.3) is 5.91 Å². The van der Waals surface area contributed by atoms with Gasteiger partial charge in [-0.2, -0.15) is 13.2 Å². The van der Waals surface area contributed by atoms with Gasteiger partial charge in [-0.15, -0.1) is 0 Å². The maximum absolute atomic E-state index is 12.9. The van der Waals surface area contributed by atoms with Crippen molar-refractivity contribution in [2.24, 2.45) is 0 Å². The minimum Gasteiger partial charge on any atom is -0.320 e. The summed E-state index contributed by atoms with van der Waals surface area (Å²) < 4.78 is 38.6. The van der Waals surface area contributed by atoms with E-state index < -0.39 is 17.6 Å². The molecule has 1 heterocycles. The van der Waals surface area contributed by atoms with E-state index in [0.717, 1.165) is 17.5 Å². The van der Waals surface area contributed by atoms with Gasteiger partial charge in [-0.25, -0.2) is 0 Å². The lowest BCUT2D eigenvalue weighted by atomic mass is 10.0. The zero-order valence-electron chi connectivity index (χ0n) is 12.7. The third-order valence-corrected chi connectivity index (χ3v) is 3.69. The van der Waals surface area contributed by atoms with Crippen molar-refractivity contribution in [3.05, 3.63) is 71.4 Å². The minimum absolute atomic E-state index is 0.0160. The number of carbonyl (C=O) groups excluding carboxylic acids is 1. The van der Waals surface area contributed by atoms with E-state index in [1.165, 1.54) is 6.07 Å². The number of benzene rings is 2. The van der Waals surface area contributed by atoms with Gasteiger partial charge in [0.15, 0.2) is 0 Å². The summed E-state index contributed by atoms with van der Waals surface area (Å²) in [4.78, 5) is 16.7. The summed E-state index contributed by atoms with van der Waals surface area (Å²) in [7, 11) is 0. The molecule has 0 fully saturated rings. The van der Waals surface area contributed by atoms with Gasteiger partial charge in [0.2, 0.25) is 0 Å². The molecule has 0 aliphatic carbocycles. The van der Waals surface area contributed by atoms with Gasteiger partial charge in [-0.1, -0.05) is 24.3 Å². The fraction of sp³-hybridized carbons (Fsp3) is 0.111. The third-order valence-electron chi connectivity index (χ3n) is 3.69. The van der Waals surface area contributed by atoms with Crippen molar-refractivity contribution in [3.63, 3.8) is 0 Å². The number of carbonyl (C=O) groups is 1. The first-order valence-corrected chi connectivity index (χ1v) is 7.19. The molecule has 1 amide bonds. The number of amides is 1. The number of fused-ring (bicyclic) bond motifs is 1.